The Kier molecular flexibility index (Phi) is 5.37. The van der Waals surface area contributed by atoms with Gasteiger partial charge in [0.2, 0.25) is 5.82 Å². The first-order valence-electron chi connectivity index (χ1n) is 6.92. The summed E-state index contributed by atoms with van der Waals surface area (Å²) >= 11 is 0. The van der Waals surface area contributed by atoms with Crippen LogP contribution in [0.1, 0.15) is 24.5 Å². The Morgan fingerprint density at radius 3 is 2.32 bits per heavy atom. The smallest absolute Gasteiger partial charge is 0.201 e. The van der Waals surface area contributed by atoms with Crippen LogP contribution in [0.2, 0.25) is 0 Å². The van der Waals surface area contributed by atoms with Crippen molar-refractivity contribution in [3.05, 3.63) is 59.2 Å². The van der Waals surface area contributed by atoms with E-state index in [0.29, 0.717) is 17.9 Å². The topological polar surface area (TPSA) is 18.5 Å². The monoisotopic (exact) mass is 302 g/mol. The van der Waals surface area contributed by atoms with Crippen LogP contribution in [0, 0.1) is 23.5 Å². The van der Waals surface area contributed by atoms with Crippen LogP contribution in [0.3, 0.4) is 0 Å². The third-order valence-corrected chi connectivity index (χ3v) is 2.94. The average Bonchev–Trinajstić information content (AvgIpc) is 2.56. The van der Waals surface area contributed by atoms with Gasteiger partial charge in [-0.2, -0.15) is 4.39 Å². The van der Waals surface area contributed by atoms with E-state index >= 15 is 0 Å². The van der Waals surface area contributed by atoms with E-state index in [0.717, 1.165) is 6.42 Å². The molecule has 0 atom stereocenters. The molecule has 0 bridgehead atoms. The Bertz CT molecular complexity index is 698. The minimum absolute atomic E-state index is 0.00262. The molecule has 0 aliphatic carbocycles. The fourth-order valence-electron chi connectivity index (χ4n) is 1.77. The molecule has 4 heteroatoms. The SMILES string of the molecule is CCCOc1ccc(C#Cc2ccc(OC)cc2)c(F)c1F. The van der Waals surface area contributed by atoms with Crippen molar-refractivity contribution < 1.29 is 18.3 Å². The van der Waals surface area contributed by atoms with Crippen LogP contribution in [0.5, 0.6) is 11.5 Å². The third kappa shape index (κ3) is 3.76. The molecule has 0 amide bonds. The van der Waals surface area contributed by atoms with Gasteiger partial charge in [-0.05, 0) is 42.8 Å². The van der Waals surface area contributed by atoms with E-state index in [2.05, 4.69) is 11.8 Å². The maximum absolute atomic E-state index is 13.9. The molecule has 22 heavy (non-hydrogen) atoms. The molecule has 2 aromatic carbocycles. The first-order valence-corrected chi connectivity index (χ1v) is 6.92. The largest absolute Gasteiger partial charge is 0.497 e. The number of halogens is 2. The minimum Gasteiger partial charge on any atom is -0.497 e. The number of methoxy groups -OCH3 is 1. The van der Waals surface area contributed by atoms with Crippen molar-refractivity contribution in [2.75, 3.05) is 13.7 Å². The lowest BCUT2D eigenvalue weighted by Gasteiger charge is -2.06. The van der Waals surface area contributed by atoms with Gasteiger partial charge in [0.1, 0.15) is 5.75 Å². The molecule has 0 N–H and O–H groups in total. The van der Waals surface area contributed by atoms with Crippen LogP contribution in [0.25, 0.3) is 0 Å². The highest BCUT2D eigenvalue weighted by atomic mass is 19.2. The van der Waals surface area contributed by atoms with Gasteiger partial charge in [-0.3, -0.25) is 0 Å². The Morgan fingerprint density at radius 1 is 0.955 bits per heavy atom. The van der Waals surface area contributed by atoms with E-state index in [1.54, 1.807) is 31.4 Å². The lowest BCUT2D eigenvalue weighted by atomic mass is 10.1. The quantitative estimate of drug-likeness (QED) is 0.790. The van der Waals surface area contributed by atoms with Crippen LogP contribution in [0.15, 0.2) is 36.4 Å². The highest BCUT2D eigenvalue weighted by molar-refractivity contribution is 5.46. The number of hydrogen-bond donors (Lipinski definition) is 0. The van der Waals surface area contributed by atoms with Gasteiger partial charge >= 0.3 is 0 Å². The fraction of sp³-hybridized carbons (Fsp3) is 0.222. The second kappa shape index (κ2) is 7.46. The molecule has 0 aliphatic rings. The molecule has 0 heterocycles. The zero-order chi connectivity index (χ0) is 15.9. The molecule has 0 unspecified atom stereocenters. The average molecular weight is 302 g/mol. The van der Waals surface area contributed by atoms with Crippen LogP contribution in [0.4, 0.5) is 8.78 Å². The van der Waals surface area contributed by atoms with Crippen molar-refractivity contribution in [1.29, 1.82) is 0 Å². The molecule has 0 saturated carbocycles. The Hall–Kier alpha value is -2.54. The fourth-order valence-corrected chi connectivity index (χ4v) is 1.77. The van der Waals surface area contributed by atoms with Crippen LogP contribution >= 0.6 is 0 Å². The molecular formula is C18H16F2O2. The van der Waals surface area contributed by atoms with Gasteiger partial charge in [-0.1, -0.05) is 18.8 Å². The van der Waals surface area contributed by atoms with E-state index in [-0.39, 0.29) is 11.3 Å². The number of rotatable bonds is 4. The summed E-state index contributed by atoms with van der Waals surface area (Å²) in [5.74, 6) is 4.04. The molecule has 0 radical (unpaired) electrons. The molecule has 0 aromatic heterocycles. The lowest BCUT2D eigenvalue weighted by molar-refractivity contribution is 0.295. The Balaban J connectivity index is 2.23. The number of hydrogen-bond acceptors (Lipinski definition) is 2. The summed E-state index contributed by atoms with van der Waals surface area (Å²) in [6, 6.07) is 9.81. The number of ether oxygens (including phenoxy) is 2. The first kappa shape index (κ1) is 15.8. The van der Waals surface area contributed by atoms with Gasteiger partial charge in [-0.25, -0.2) is 4.39 Å². The van der Waals surface area contributed by atoms with Crippen molar-refractivity contribution in [3.8, 4) is 23.3 Å². The summed E-state index contributed by atoms with van der Waals surface area (Å²) in [5.41, 5.74) is 0.684. The van der Waals surface area contributed by atoms with E-state index in [1.807, 2.05) is 6.92 Å². The summed E-state index contributed by atoms with van der Waals surface area (Å²) in [4.78, 5) is 0. The molecule has 2 rings (SSSR count). The Morgan fingerprint density at radius 2 is 1.68 bits per heavy atom. The van der Waals surface area contributed by atoms with Gasteiger partial charge in [-0.15, -0.1) is 0 Å². The zero-order valence-electron chi connectivity index (χ0n) is 12.5. The first-order chi connectivity index (χ1) is 10.7. The predicted molar refractivity (Wildman–Crippen MR) is 81.1 cm³/mol. The maximum atomic E-state index is 13.9. The summed E-state index contributed by atoms with van der Waals surface area (Å²) in [7, 11) is 1.57. The highest BCUT2D eigenvalue weighted by Crippen LogP contribution is 2.22. The number of benzene rings is 2. The molecule has 0 aliphatic heterocycles. The summed E-state index contributed by atoms with van der Waals surface area (Å²) in [5, 5.41) is 0. The normalized spacial score (nSPS) is 9.82. The molecule has 0 spiro atoms. The van der Waals surface area contributed by atoms with E-state index in [1.165, 1.54) is 12.1 Å². The molecular weight excluding hydrogens is 286 g/mol. The van der Waals surface area contributed by atoms with Gasteiger partial charge in [0, 0.05) is 5.56 Å². The van der Waals surface area contributed by atoms with Crippen molar-refractivity contribution >= 4 is 0 Å². The van der Waals surface area contributed by atoms with Crippen LogP contribution in [-0.2, 0) is 0 Å². The molecule has 2 nitrogen and oxygen atoms in total. The van der Waals surface area contributed by atoms with Crippen molar-refractivity contribution in [3.63, 3.8) is 0 Å². The second-order valence-electron chi connectivity index (χ2n) is 4.57. The van der Waals surface area contributed by atoms with Gasteiger partial charge < -0.3 is 9.47 Å². The lowest BCUT2D eigenvalue weighted by Crippen LogP contribution is -2.00. The molecule has 114 valence electrons. The summed E-state index contributed by atoms with van der Waals surface area (Å²) in [6.45, 7) is 2.23. The second-order valence-corrected chi connectivity index (χ2v) is 4.57. The van der Waals surface area contributed by atoms with E-state index < -0.39 is 11.6 Å². The van der Waals surface area contributed by atoms with Crippen molar-refractivity contribution in [2.45, 2.75) is 13.3 Å². The molecule has 2 aromatic rings. The predicted octanol–water partition coefficient (Wildman–Crippen LogP) is 4.16. The van der Waals surface area contributed by atoms with E-state index in [4.69, 9.17) is 9.47 Å². The van der Waals surface area contributed by atoms with Crippen LogP contribution in [-0.4, -0.2) is 13.7 Å². The third-order valence-electron chi connectivity index (χ3n) is 2.94. The van der Waals surface area contributed by atoms with Gasteiger partial charge in [0.15, 0.2) is 11.6 Å². The van der Waals surface area contributed by atoms with Gasteiger partial charge in [0.05, 0.1) is 19.3 Å². The van der Waals surface area contributed by atoms with Crippen molar-refractivity contribution in [2.24, 2.45) is 0 Å². The highest BCUT2D eigenvalue weighted by Gasteiger charge is 2.13. The minimum atomic E-state index is -1.00. The summed E-state index contributed by atoms with van der Waals surface area (Å²) in [6.07, 6.45) is 0.722. The zero-order valence-corrected chi connectivity index (χ0v) is 12.5. The standard InChI is InChI=1S/C18H16F2O2/c1-3-12-22-16-11-8-14(17(19)18(16)20)7-4-13-5-9-15(21-2)10-6-13/h5-6,8-11H,3,12H2,1-2H3. The summed E-state index contributed by atoms with van der Waals surface area (Å²) < 4.78 is 37.9. The van der Waals surface area contributed by atoms with Crippen LogP contribution < -0.4 is 9.47 Å². The maximum Gasteiger partial charge on any atom is 0.201 e. The van der Waals surface area contributed by atoms with E-state index in [9.17, 15) is 8.78 Å². The molecule has 0 saturated heterocycles. The molecule has 0 fully saturated rings. The van der Waals surface area contributed by atoms with Gasteiger partial charge in [0.25, 0.3) is 0 Å². The Labute approximate surface area is 128 Å². The van der Waals surface area contributed by atoms with Crippen molar-refractivity contribution in [1.82, 2.24) is 0 Å².